The first-order valence-electron chi connectivity index (χ1n) is 9.99. The highest BCUT2D eigenvalue weighted by atomic mass is 16.4. The molecule has 0 aliphatic heterocycles. The fourth-order valence-corrected chi connectivity index (χ4v) is 3.00. The Bertz CT molecular complexity index is 560. The Kier molecular flexibility index (Phi) is 10.9. The zero-order valence-electron chi connectivity index (χ0n) is 15.9. The Labute approximate surface area is 151 Å². The molecule has 0 amide bonds. The quantitative estimate of drug-likeness (QED) is 0.340. The van der Waals surface area contributed by atoms with Crippen molar-refractivity contribution >= 4 is 5.78 Å². The average molecular weight is 350 g/mol. The lowest BCUT2D eigenvalue weighted by atomic mass is 10.0. The highest BCUT2D eigenvalue weighted by Gasteiger charge is 2.18. The number of rotatable bonds is 14. The van der Waals surface area contributed by atoms with E-state index in [4.69, 9.17) is 4.42 Å². The summed E-state index contributed by atoms with van der Waals surface area (Å²) in [6.45, 7) is 4.33. The van der Waals surface area contributed by atoms with E-state index in [0.29, 0.717) is 18.6 Å². The molecule has 1 aromatic rings. The first-order chi connectivity index (χ1) is 12.1. The number of aryl methyl sites for hydroxylation is 1. The van der Waals surface area contributed by atoms with Crippen LogP contribution in [0.1, 0.15) is 107 Å². The summed E-state index contributed by atoms with van der Waals surface area (Å²) >= 11 is 0. The second-order valence-corrected chi connectivity index (χ2v) is 6.87. The lowest BCUT2D eigenvalue weighted by Gasteiger charge is -2.06. The van der Waals surface area contributed by atoms with Crippen LogP contribution in [-0.4, -0.2) is 10.9 Å². The van der Waals surface area contributed by atoms with Crippen LogP contribution >= 0.6 is 0 Å². The number of unbranched alkanes of at least 4 members (excludes halogenated alkanes) is 9. The number of aromatic hydroxyl groups is 1. The average Bonchev–Trinajstić information content (AvgIpc) is 2.57. The molecule has 0 radical (unpaired) electrons. The number of ketones is 1. The minimum Gasteiger partial charge on any atom is -0.507 e. The van der Waals surface area contributed by atoms with Crippen molar-refractivity contribution in [1.29, 1.82) is 0 Å². The fraction of sp³-hybridized carbons (Fsp3) is 0.714. The zero-order chi connectivity index (χ0) is 18.5. The molecule has 0 spiro atoms. The molecular formula is C21H34O4. The van der Waals surface area contributed by atoms with Crippen LogP contribution in [0.2, 0.25) is 0 Å². The Balaban J connectivity index is 2.49. The van der Waals surface area contributed by atoms with Gasteiger partial charge in [0.05, 0.1) is 0 Å². The number of carbonyl (C=O) groups is 1. The SMILES string of the molecule is CCCCCCCCc1cc(O)c(C(=O)CCCCCCC)c(=O)o1. The summed E-state index contributed by atoms with van der Waals surface area (Å²) in [4.78, 5) is 24.2. The number of hydrogen-bond acceptors (Lipinski definition) is 4. The van der Waals surface area contributed by atoms with Gasteiger partial charge in [0.1, 0.15) is 17.1 Å². The molecule has 0 atom stereocenters. The van der Waals surface area contributed by atoms with Crippen molar-refractivity contribution in [2.45, 2.75) is 97.3 Å². The van der Waals surface area contributed by atoms with E-state index in [9.17, 15) is 14.7 Å². The molecule has 0 aromatic carbocycles. The van der Waals surface area contributed by atoms with Crippen molar-refractivity contribution in [3.63, 3.8) is 0 Å². The van der Waals surface area contributed by atoms with E-state index in [1.165, 1.54) is 31.7 Å². The van der Waals surface area contributed by atoms with Crippen molar-refractivity contribution in [3.8, 4) is 5.75 Å². The highest BCUT2D eigenvalue weighted by Crippen LogP contribution is 2.19. The molecule has 0 unspecified atom stereocenters. The van der Waals surface area contributed by atoms with E-state index < -0.39 is 5.63 Å². The van der Waals surface area contributed by atoms with Crippen molar-refractivity contribution < 1.29 is 14.3 Å². The van der Waals surface area contributed by atoms with Gasteiger partial charge in [0.25, 0.3) is 0 Å². The number of carbonyl (C=O) groups excluding carboxylic acids is 1. The lowest BCUT2D eigenvalue weighted by Crippen LogP contribution is -2.15. The molecule has 1 rings (SSSR count). The van der Waals surface area contributed by atoms with Crippen LogP contribution in [0, 0.1) is 0 Å². The Morgan fingerprint density at radius 1 is 0.920 bits per heavy atom. The first kappa shape index (κ1) is 21.5. The third kappa shape index (κ3) is 8.37. The van der Waals surface area contributed by atoms with Crippen LogP contribution in [0.5, 0.6) is 5.75 Å². The van der Waals surface area contributed by atoms with Gasteiger partial charge in [-0.05, 0) is 12.8 Å². The summed E-state index contributed by atoms with van der Waals surface area (Å²) in [5.41, 5.74) is -0.873. The second kappa shape index (κ2) is 12.7. The number of hydrogen-bond donors (Lipinski definition) is 1. The molecule has 0 fully saturated rings. The van der Waals surface area contributed by atoms with E-state index >= 15 is 0 Å². The van der Waals surface area contributed by atoms with Gasteiger partial charge >= 0.3 is 5.63 Å². The van der Waals surface area contributed by atoms with Crippen LogP contribution in [0.3, 0.4) is 0 Å². The van der Waals surface area contributed by atoms with E-state index in [1.807, 2.05) is 0 Å². The molecule has 0 aliphatic rings. The molecule has 1 aromatic heterocycles. The van der Waals surface area contributed by atoms with Gasteiger partial charge in [-0.15, -0.1) is 0 Å². The summed E-state index contributed by atoms with van der Waals surface area (Å²) in [5.74, 6) is -0.0675. The summed E-state index contributed by atoms with van der Waals surface area (Å²) in [6.07, 6.45) is 12.9. The summed E-state index contributed by atoms with van der Waals surface area (Å²) in [5, 5.41) is 10.1. The summed E-state index contributed by atoms with van der Waals surface area (Å²) in [6, 6.07) is 1.44. The predicted octanol–water partition coefficient (Wildman–Crippen LogP) is 5.79. The van der Waals surface area contributed by atoms with Gasteiger partial charge in [-0.1, -0.05) is 71.6 Å². The normalized spacial score (nSPS) is 11.0. The smallest absolute Gasteiger partial charge is 0.350 e. The standard InChI is InChI=1S/C21H34O4/c1-3-5-7-9-11-12-14-17-16-19(23)20(21(24)25-17)18(22)15-13-10-8-6-4-2/h16,23H,3-15H2,1-2H3. The summed E-state index contributed by atoms with van der Waals surface area (Å²) in [7, 11) is 0. The van der Waals surface area contributed by atoms with E-state index in [2.05, 4.69) is 13.8 Å². The van der Waals surface area contributed by atoms with Crippen molar-refractivity contribution in [2.75, 3.05) is 0 Å². The van der Waals surface area contributed by atoms with Crippen LogP contribution in [0.25, 0.3) is 0 Å². The minimum atomic E-state index is -0.695. The van der Waals surface area contributed by atoms with Gasteiger partial charge in [0.15, 0.2) is 5.78 Å². The molecule has 0 aliphatic carbocycles. The molecule has 1 N–H and O–H groups in total. The van der Waals surface area contributed by atoms with Crippen molar-refractivity contribution in [1.82, 2.24) is 0 Å². The topological polar surface area (TPSA) is 67.5 Å². The van der Waals surface area contributed by atoms with Crippen molar-refractivity contribution in [3.05, 3.63) is 27.8 Å². The van der Waals surface area contributed by atoms with Crippen LogP contribution in [0.15, 0.2) is 15.3 Å². The van der Waals surface area contributed by atoms with Crippen LogP contribution in [0.4, 0.5) is 0 Å². The van der Waals surface area contributed by atoms with Gasteiger partial charge < -0.3 is 9.52 Å². The molecule has 142 valence electrons. The van der Waals surface area contributed by atoms with Gasteiger partial charge in [-0.25, -0.2) is 4.79 Å². The van der Waals surface area contributed by atoms with E-state index in [-0.39, 0.29) is 17.1 Å². The number of Topliss-reactive ketones (excluding diaryl/α,β-unsaturated/α-hetero) is 1. The minimum absolute atomic E-state index is 0.179. The van der Waals surface area contributed by atoms with Gasteiger partial charge in [0.2, 0.25) is 0 Å². The van der Waals surface area contributed by atoms with Gasteiger partial charge in [0, 0.05) is 18.9 Å². The molecule has 0 bridgehead atoms. The second-order valence-electron chi connectivity index (χ2n) is 6.87. The Morgan fingerprint density at radius 2 is 1.48 bits per heavy atom. The van der Waals surface area contributed by atoms with Crippen molar-refractivity contribution in [2.24, 2.45) is 0 Å². The third-order valence-electron chi connectivity index (χ3n) is 4.54. The molecular weight excluding hydrogens is 316 g/mol. The first-order valence-corrected chi connectivity index (χ1v) is 9.99. The highest BCUT2D eigenvalue weighted by molar-refractivity contribution is 5.97. The maximum Gasteiger partial charge on any atom is 0.350 e. The lowest BCUT2D eigenvalue weighted by molar-refractivity contribution is 0.0972. The van der Waals surface area contributed by atoms with Gasteiger partial charge in [-0.3, -0.25) is 4.79 Å². The third-order valence-corrected chi connectivity index (χ3v) is 4.54. The largest absolute Gasteiger partial charge is 0.507 e. The fourth-order valence-electron chi connectivity index (χ4n) is 3.00. The monoisotopic (exact) mass is 350 g/mol. The van der Waals surface area contributed by atoms with Crippen LogP contribution in [-0.2, 0) is 6.42 Å². The van der Waals surface area contributed by atoms with Gasteiger partial charge in [-0.2, -0.15) is 0 Å². The Morgan fingerprint density at radius 3 is 2.08 bits per heavy atom. The molecule has 0 saturated heterocycles. The molecule has 4 heteroatoms. The van der Waals surface area contributed by atoms with E-state index in [1.54, 1.807) is 0 Å². The molecule has 4 nitrogen and oxygen atoms in total. The van der Waals surface area contributed by atoms with E-state index in [0.717, 1.165) is 44.9 Å². The maximum atomic E-state index is 12.2. The maximum absolute atomic E-state index is 12.2. The molecule has 0 saturated carbocycles. The summed E-state index contributed by atoms with van der Waals surface area (Å²) < 4.78 is 5.25. The Hall–Kier alpha value is -1.58. The van der Waals surface area contributed by atoms with Crippen LogP contribution < -0.4 is 5.63 Å². The molecule has 25 heavy (non-hydrogen) atoms. The molecule has 1 heterocycles. The zero-order valence-corrected chi connectivity index (χ0v) is 15.9. The predicted molar refractivity (Wildman–Crippen MR) is 101 cm³/mol.